The Morgan fingerprint density at radius 3 is 2.67 bits per heavy atom. The number of hydrogen-bond donors (Lipinski definition) is 2. The molecule has 4 heteroatoms. The third-order valence-corrected chi connectivity index (χ3v) is 2.18. The molecular weight excluding hydrogens is 195 g/mol. The summed E-state index contributed by atoms with van der Waals surface area (Å²) in [7, 11) is 1.49. The Morgan fingerprint density at radius 2 is 2.27 bits per heavy atom. The normalized spacial score (nSPS) is 12.3. The number of halogens is 1. The SMILES string of the molecule is C=C(C)C(NN)c1ccc(OC)cc1F. The molecule has 0 saturated heterocycles. The first-order chi connectivity index (χ1) is 7.10. The summed E-state index contributed by atoms with van der Waals surface area (Å²) in [6.07, 6.45) is 0. The molecule has 0 bridgehead atoms. The molecule has 0 aromatic heterocycles. The Balaban J connectivity index is 3.08. The van der Waals surface area contributed by atoms with Crippen molar-refractivity contribution in [2.45, 2.75) is 13.0 Å². The van der Waals surface area contributed by atoms with Gasteiger partial charge in [0.05, 0.1) is 13.2 Å². The van der Waals surface area contributed by atoms with Crippen molar-refractivity contribution in [1.82, 2.24) is 5.43 Å². The van der Waals surface area contributed by atoms with E-state index in [1.165, 1.54) is 13.2 Å². The van der Waals surface area contributed by atoms with Gasteiger partial charge in [0.25, 0.3) is 0 Å². The third kappa shape index (κ3) is 2.55. The zero-order valence-electron chi connectivity index (χ0n) is 8.88. The van der Waals surface area contributed by atoms with Crippen LogP contribution < -0.4 is 16.0 Å². The quantitative estimate of drug-likeness (QED) is 0.453. The molecule has 0 radical (unpaired) electrons. The predicted octanol–water partition coefficient (Wildman–Crippen LogP) is 1.91. The Morgan fingerprint density at radius 1 is 1.60 bits per heavy atom. The van der Waals surface area contributed by atoms with Gasteiger partial charge in [-0.15, -0.1) is 0 Å². The van der Waals surface area contributed by atoms with Gasteiger partial charge in [-0.3, -0.25) is 5.84 Å². The number of benzene rings is 1. The lowest BCUT2D eigenvalue weighted by Gasteiger charge is -2.17. The fraction of sp³-hybridized carbons (Fsp3) is 0.273. The van der Waals surface area contributed by atoms with Crippen molar-refractivity contribution >= 4 is 0 Å². The van der Waals surface area contributed by atoms with Crippen molar-refractivity contribution < 1.29 is 9.13 Å². The molecule has 0 fully saturated rings. The number of hydrogen-bond acceptors (Lipinski definition) is 3. The number of nitrogens with two attached hydrogens (primary N) is 1. The van der Waals surface area contributed by atoms with Gasteiger partial charge < -0.3 is 4.74 Å². The van der Waals surface area contributed by atoms with Crippen molar-refractivity contribution in [2.75, 3.05) is 7.11 Å². The maximum absolute atomic E-state index is 13.6. The van der Waals surface area contributed by atoms with E-state index in [1.807, 2.05) is 0 Å². The maximum atomic E-state index is 13.6. The van der Waals surface area contributed by atoms with Crippen molar-refractivity contribution in [3.63, 3.8) is 0 Å². The summed E-state index contributed by atoms with van der Waals surface area (Å²) in [6.45, 7) is 5.53. The lowest BCUT2D eigenvalue weighted by Crippen LogP contribution is -2.29. The van der Waals surface area contributed by atoms with E-state index in [0.29, 0.717) is 11.3 Å². The molecule has 3 nitrogen and oxygen atoms in total. The molecule has 1 aromatic rings. The molecule has 1 atom stereocenters. The first kappa shape index (κ1) is 11.7. The van der Waals surface area contributed by atoms with Gasteiger partial charge in [-0.1, -0.05) is 18.2 Å². The Labute approximate surface area is 88.7 Å². The van der Waals surface area contributed by atoms with Crippen LogP contribution in [-0.2, 0) is 0 Å². The van der Waals surface area contributed by atoms with E-state index in [1.54, 1.807) is 19.1 Å². The molecule has 0 aliphatic rings. The van der Waals surface area contributed by atoms with Crippen LogP contribution in [0.3, 0.4) is 0 Å². The van der Waals surface area contributed by atoms with Crippen LogP contribution in [0.5, 0.6) is 5.75 Å². The molecule has 0 amide bonds. The van der Waals surface area contributed by atoms with E-state index in [0.717, 1.165) is 5.57 Å². The highest BCUT2D eigenvalue weighted by Gasteiger charge is 2.15. The number of ether oxygens (including phenoxy) is 1. The molecular formula is C11H15FN2O. The van der Waals surface area contributed by atoms with Gasteiger partial charge in [0, 0.05) is 11.6 Å². The average molecular weight is 210 g/mol. The largest absolute Gasteiger partial charge is 0.497 e. The topological polar surface area (TPSA) is 47.3 Å². The summed E-state index contributed by atoms with van der Waals surface area (Å²) in [5.41, 5.74) is 3.73. The van der Waals surface area contributed by atoms with Crippen LogP contribution in [0.1, 0.15) is 18.5 Å². The molecule has 1 rings (SSSR count). The molecule has 82 valence electrons. The van der Waals surface area contributed by atoms with E-state index in [2.05, 4.69) is 12.0 Å². The molecule has 0 spiro atoms. The third-order valence-electron chi connectivity index (χ3n) is 2.18. The van der Waals surface area contributed by atoms with Crippen LogP contribution in [-0.4, -0.2) is 7.11 Å². The molecule has 3 N–H and O–H groups in total. The van der Waals surface area contributed by atoms with E-state index in [4.69, 9.17) is 10.6 Å². The molecule has 1 aromatic carbocycles. The standard InChI is InChI=1S/C11H15FN2O/c1-7(2)11(14-13)9-5-4-8(15-3)6-10(9)12/h4-6,11,14H,1,13H2,2-3H3. The number of nitrogens with one attached hydrogen (secondary N) is 1. The average Bonchev–Trinajstić information content (AvgIpc) is 2.20. The summed E-state index contributed by atoms with van der Waals surface area (Å²) in [5, 5.41) is 0. The zero-order chi connectivity index (χ0) is 11.4. The van der Waals surface area contributed by atoms with E-state index >= 15 is 0 Å². The monoisotopic (exact) mass is 210 g/mol. The Hall–Kier alpha value is -1.39. The second-order valence-corrected chi connectivity index (χ2v) is 3.33. The van der Waals surface area contributed by atoms with Crippen molar-refractivity contribution in [3.05, 3.63) is 41.7 Å². The first-order valence-corrected chi connectivity index (χ1v) is 4.55. The highest BCUT2D eigenvalue weighted by atomic mass is 19.1. The molecule has 0 heterocycles. The van der Waals surface area contributed by atoms with Crippen molar-refractivity contribution in [1.29, 1.82) is 0 Å². The van der Waals surface area contributed by atoms with Crippen LogP contribution in [0.25, 0.3) is 0 Å². The first-order valence-electron chi connectivity index (χ1n) is 4.55. The Bertz CT molecular complexity index is 366. The number of methoxy groups -OCH3 is 1. The fourth-order valence-corrected chi connectivity index (χ4v) is 1.37. The van der Waals surface area contributed by atoms with Gasteiger partial charge in [-0.25, -0.2) is 9.82 Å². The maximum Gasteiger partial charge on any atom is 0.132 e. The van der Waals surface area contributed by atoms with Crippen LogP contribution in [0, 0.1) is 5.82 Å². The number of rotatable bonds is 4. The summed E-state index contributed by atoms with van der Waals surface area (Å²) in [6, 6.07) is 4.26. The van der Waals surface area contributed by atoms with Crippen LogP contribution in [0.2, 0.25) is 0 Å². The van der Waals surface area contributed by atoms with Crippen LogP contribution in [0.4, 0.5) is 4.39 Å². The van der Waals surface area contributed by atoms with Crippen molar-refractivity contribution in [3.8, 4) is 5.75 Å². The van der Waals surface area contributed by atoms with Crippen LogP contribution >= 0.6 is 0 Å². The zero-order valence-corrected chi connectivity index (χ0v) is 8.88. The summed E-state index contributed by atoms with van der Waals surface area (Å²) in [4.78, 5) is 0. The lowest BCUT2D eigenvalue weighted by molar-refractivity contribution is 0.410. The van der Waals surface area contributed by atoms with Gasteiger partial charge in [0.2, 0.25) is 0 Å². The molecule has 0 saturated carbocycles. The van der Waals surface area contributed by atoms with Gasteiger partial charge >= 0.3 is 0 Å². The van der Waals surface area contributed by atoms with Gasteiger partial charge in [0.1, 0.15) is 11.6 Å². The minimum atomic E-state index is -0.379. The van der Waals surface area contributed by atoms with Gasteiger partial charge in [-0.05, 0) is 13.0 Å². The molecule has 0 aliphatic heterocycles. The number of hydrazine groups is 1. The van der Waals surface area contributed by atoms with E-state index < -0.39 is 0 Å². The second-order valence-electron chi connectivity index (χ2n) is 3.33. The lowest BCUT2D eigenvalue weighted by atomic mass is 10.0. The second kappa shape index (κ2) is 4.91. The summed E-state index contributed by atoms with van der Waals surface area (Å²) in [5.74, 6) is 5.46. The molecule has 1 unspecified atom stereocenters. The minimum Gasteiger partial charge on any atom is -0.497 e. The highest BCUT2D eigenvalue weighted by Crippen LogP contribution is 2.25. The summed E-state index contributed by atoms with van der Waals surface area (Å²) >= 11 is 0. The fourth-order valence-electron chi connectivity index (χ4n) is 1.37. The predicted molar refractivity (Wildman–Crippen MR) is 57.8 cm³/mol. The van der Waals surface area contributed by atoms with Crippen molar-refractivity contribution in [2.24, 2.45) is 5.84 Å². The van der Waals surface area contributed by atoms with Gasteiger partial charge in [-0.2, -0.15) is 0 Å². The van der Waals surface area contributed by atoms with E-state index in [9.17, 15) is 4.39 Å². The molecule has 15 heavy (non-hydrogen) atoms. The summed E-state index contributed by atoms with van der Waals surface area (Å²) < 4.78 is 18.5. The smallest absolute Gasteiger partial charge is 0.132 e. The highest BCUT2D eigenvalue weighted by molar-refractivity contribution is 5.33. The van der Waals surface area contributed by atoms with E-state index in [-0.39, 0.29) is 11.9 Å². The Kier molecular flexibility index (Phi) is 3.82. The van der Waals surface area contributed by atoms with Crippen LogP contribution in [0.15, 0.2) is 30.4 Å². The van der Waals surface area contributed by atoms with Gasteiger partial charge in [0.15, 0.2) is 0 Å². The minimum absolute atomic E-state index is 0.361. The molecule has 0 aliphatic carbocycles.